The van der Waals surface area contributed by atoms with Crippen LogP contribution in [0.4, 0.5) is 0 Å². The van der Waals surface area contributed by atoms with Crippen LogP contribution in [0.15, 0.2) is 36.5 Å². The van der Waals surface area contributed by atoms with Gasteiger partial charge in [0.05, 0.1) is 12.7 Å². The lowest BCUT2D eigenvalue weighted by molar-refractivity contribution is 0.198. The lowest BCUT2D eigenvalue weighted by Crippen LogP contribution is -2.06. The van der Waals surface area contributed by atoms with Crippen LogP contribution in [0, 0.1) is 0 Å². The Morgan fingerprint density at radius 3 is 2.89 bits per heavy atom. The van der Waals surface area contributed by atoms with Gasteiger partial charge in [-0.15, -0.1) is 0 Å². The number of ether oxygens (including phenoxy) is 1. The summed E-state index contributed by atoms with van der Waals surface area (Å²) >= 11 is 0. The summed E-state index contributed by atoms with van der Waals surface area (Å²) in [7, 11) is 1.92. The van der Waals surface area contributed by atoms with Crippen LogP contribution in [0.3, 0.4) is 0 Å². The number of benzene rings is 1. The average molecular weight is 246 g/mol. The van der Waals surface area contributed by atoms with Gasteiger partial charge in [-0.05, 0) is 30.7 Å². The van der Waals surface area contributed by atoms with E-state index in [1.165, 1.54) is 0 Å². The molecule has 1 aromatic heterocycles. The van der Waals surface area contributed by atoms with Crippen molar-refractivity contribution in [1.29, 1.82) is 0 Å². The van der Waals surface area contributed by atoms with Gasteiger partial charge in [0.2, 0.25) is 0 Å². The van der Waals surface area contributed by atoms with E-state index in [9.17, 15) is 5.11 Å². The molecule has 0 bridgehead atoms. The summed E-state index contributed by atoms with van der Waals surface area (Å²) in [5.74, 6) is 0.788. The maximum Gasteiger partial charge on any atom is 0.119 e. The lowest BCUT2D eigenvalue weighted by Gasteiger charge is -2.09. The van der Waals surface area contributed by atoms with Crippen molar-refractivity contribution in [1.82, 2.24) is 9.78 Å². The van der Waals surface area contributed by atoms with Crippen molar-refractivity contribution in [2.45, 2.75) is 19.4 Å². The fourth-order valence-corrected chi connectivity index (χ4v) is 1.78. The quantitative estimate of drug-likeness (QED) is 0.878. The molecule has 2 aromatic rings. The second-order valence-electron chi connectivity index (χ2n) is 4.29. The predicted molar refractivity (Wildman–Crippen MR) is 69.5 cm³/mol. The predicted octanol–water partition coefficient (Wildman–Crippen LogP) is 2.09. The van der Waals surface area contributed by atoms with E-state index in [0.29, 0.717) is 6.61 Å². The largest absolute Gasteiger partial charge is 0.493 e. The first-order chi connectivity index (χ1) is 8.66. The molecule has 0 aliphatic heterocycles. The zero-order valence-electron chi connectivity index (χ0n) is 10.7. The highest BCUT2D eigenvalue weighted by molar-refractivity contribution is 5.29. The van der Waals surface area contributed by atoms with E-state index in [0.717, 1.165) is 23.4 Å². The second-order valence-corrected chi connectivity index (χ2v) is 4.29. The number of aryl methyl sites for hydroxylation is 1. The molecule has 1 unspecified atom stereocenters. The summed E-state index contributed by atoms with van der Waals surface area (Å²) in [6.45, 7) is 2.34. The third-order valence-corrected chi connectivity index (χ3v) is 2.89. The third-order valence-electron chi connectivity index (χ3n) is 2.89. The molecule has 0 saturated carbocycles. The molecule has 0 aliphatic carbocycles. The van der Waals surface area contributed by atoms with Crippen LogP contribution in [-0.2, 0) is 13.5 Å². The average Bonchev–Trinajstić information content (AvgIpc) is 2.76. The van der Waals surface area contributed by atoms with Gasteiger partial charge in [-0.1, -0.05) is 12.1 Å². The number of rotatable bonds is 5. The Balaban J connectivity index is 1.90. The SMILES string of the molecule is CC(O)c1cccc(OCCc2ccnn2C)c1. The van der Waals surface area contributed by atoms with Crippen molar-refractivity contribution >= 4 is 0 Å². The molecule has 0 aliphatic rings. The van der Waals surface area contributed by atoms with Gasteiger partial charge in [0.1, 0.15) is 5.75 Å². The summed E-state index contributed by atoms with van der Waals surface area (Å²) in [6, 6.07) is 9.53. The molecule has 18 heavy (non-hydrogen) atoms. The molecule has 0 spiro atoms. The molecule has 4 heteroatoms. The molecule has 0 fully saturated rings. The summed E-state index contributed by atoms with van der Waals surface area (Å²) < 4.78 is 7.52. The summed E-state index contributed by atoms with van der Waals surface area (Å²) in [5.41, 5.74) is 2.01. The topological polar surface area (TPSA) is 47.3 Å². The van der Waals surface area contributed by atoms with Crippen molar-refractivity contribution in [3.8, 4) is 5.75 Å². The van der Waals surface area contributed by atoms with E-state index in [-0.39, 0.29) is 0 Å². The van der Waals surface area contributed by atoms with Gasteiger partial charge in [0.15, 0.2) is 0 Å². The Morgan fingerprint density at radius 1 is 1.39 bits per heavy atom. The van der Waals surface area contributed by atoms with E-state index >= 15 is 0 Å². The Morgan fingerprint density at radius 2 is 2.22 bits per heavy atom. The van der Waals surface area contributed by atoms with Crippen molar-refractivity contribution < 1.29 is 9.84 Å². The van der Waals surface area contributed by atoms with Gasteiger partial charge in [0.25, 0.3) is 0 Å². The Bertz CT molecular complexity index is 506. The minimum atomic E-state index is -0.467. The molecule has 1 atom stereocenters. The van der Waals surface area contributed by atoms with Crippen LogP contribution in [0.1, 0.15) is 24.3 Å². The summed E-state index contributed by atoms with van der Waals surface area (Å²) in [4.78, 5) is 0. The Hall–Kier alpha value is -1.81. The summed E-state index contributed by atoms with van der Waals surface area (Å²) in [5, 5.41) is 13.6. The molecule has 0 saturated heterocycles. The first-order valence-electron chi connectivity index (χ1n) is 6.04. The van der Waals surface area contributed by atoms with Crippen molar-refractivity contribution in [2.24, 2.45) is 7.05 Å². The van der Waals surface area contributed by atoms with E-state index in [1.54, 1.807) is 13.1 Å². The van der Waals surface area contributed by atoms with Crippen molar-refractivity contribution in [3.05, 3.63) is 47.8 Å². The zero-order valence-corrected chi connectivity index (χ0v) is 10.7. The van der Waals surface area contributed by atoms with Gasteiger partial charge in [0, 0.05) is 25.4 Å². The molecule has 1 N–H and O–H groups in total. The fourth-order valence-electron chi connectivity index (χ4n) is 1.78. The van der Waals surface area contributed by atoms with Crippen LogP contribution in [0.25, 0.3) is 0 Å². The molecule has 4 nitrogen and oxygen atoms in total. The highest BCUT2D eigenvalue weighted by Gasteiger charge is 2.03. The van der Waals surface area contributed by atoms with Crippen LogP contribution in [0.5, 0.6) is 5.75 Å². The number of aliphatic hydroxyl groups is 1. The molecule has 96 valence electrons. The Kier molecular flexibility index (Phi) is 3.99. The molecule has 1 heterocycles. The standard InChI is InChI=1S/C14H18N2O2/c1-11(17)12-4-3-5-14(10-12)18-9-7-13-6-8-15-16(13)2/h3-6,8,10-11,17H,7,9H2,1-2H3. The van der Waals surface area contributed by atoms with E-state index in [4.69, 9.17) is 4.74 Å². The minimum Gasteiger partial charge on any atom is -0.493 e. The van der Waals surface area contributed by atoms with E-state index in [1.807, 2.05) is 42.1 Å². The molecule has 0 radical (unpaired) electrons. The maximum absolute atomic E-state index is 9.49. The van der Waals surface area contributed by atoms with E-state index < -0.39 is 6.10 Å². The normalized spacial score (nSPS) is 12.4. The van der Waals surface area contributed by atoms with Crippen LogP contribution >= 0.6 is 0 Å². The van der Waals surface area contributed by atoms with Crippen molar-refractivity contribution in [3.63, 3.8) is 0 Å². The molecule has 1 aromatic carbocycles. The number of nitrogens with zero attached hydrogens (tertiary/aromatic N) is 2. The monoisotopic (exact) mass is 246 g/mol. The fraction of sp³-hybridized carbons (Fsp3) is 0.357. The van der Waals surface area contributed by atoms with Crippen LogP contribution in [0.2, 0.25) is 0 Å². The zero-order chi connectivity index (χ0) is 13.0. The first-order valence-corrected chi connectivity index (χ1v) is 6.04. The maximum atomic E-state index is 9.49. The molecule has 0 amide bonds. The highest BCUT2D eigenvalue weighted by Crippen LogP contribution is 2.18. The van der Waals surface area contributed by atoms with Gasteiger partial charge >= 0.3 is 0 Å². The first kappa shape index (κ1) is 12.6. The molecule has 2 rings (SSSR count). The number of aliphatic hydroxyl groups excluding tert-OH is 1. The molecular formula is C14H18N2O2. The Labute approximate surface area is 107 Å². The number of aromatic nitrogens is 2. The third kappa shape index (κ3) is 3.11. The lowest BCUT2D eigenvalue weighted by atomic mass is 10.1. The van der Waals surface area contributed by atoms with Crippen LogP contribution in [-0.4, -0.2) is 21.5 Å². The molecular weight excluding hydrogens is 228 g/mol. The van der Waals surface area contributed by atoms with Gasteiger partial charge in [-0.25, -0.2) is 0 Å². The van der Waals surface area contributed by atoms with Gasteiger partial charge < -0.3 is 9.84 Å². The number of hydrogen-bond donors (Lipinski definition) is 1. The summed E-state index contributed by atoms with van der Waals surface area (Å²) in [6.07, 6.45) is 2.13. The second kappa shape index (κ2) is 5.69. The van der Waals surface area contributed by atoms with Crippen LogP contribution < -0.4 is 4.74 Å². The smallest absolute Gasteiger partial charge is 0.119 e. The van der Waals surface area contributed by atoms with Crippen molar-refractivity contribution in [2.75, 3.05) is 6.61 Å². The van der Waals surface area contributed by atoms with Gasteiger partial charge in [-0.2, -0.15) is 5.10 Å². The minimum absolute atomic E-state index is 0.467. The van der Waals surface area contributed by atoms with Gasteiger partial charge in [-0.3, -0.25) is 4.68 Å². The van der Waals surface area contributed by atoms with E-state index in [2.05, 4.69) is 5.10 Å². The number of hydrogen-bond acceptors (Lipinski definition) is 3. The highest BCUT2D eigenvalue weighted by atomic mass is 16.5.